The van der Waals surface area contributed by atoms with Gasteiger partial charge in [0.2, 0.25) is 5.78 Å². The lowest BCUT2D eigenvalue weighted by atomic mass is 9.81. The summed E-state index contributed by atoms with van der Waals surface area (Å²) in [6.45, 7) is 5.89. The van der Waals surface area contributed by atoms with Gasteiger partial charge in [-0.15, -0.1) is 0 Å². The highest BCUT2D eigenvalue weighted by atomic mass is 35.5. The van der Waals surface area contributed by atoms with Gasteiger partial charge in [-0.25, -0.2) is 0 Å². The summed E-state index contributed by atoms with van der Waals surface area (Å²) < 4.78 is 0. The molecule has 0 spiro atoms. The molecule has 3 rings (SSSR count). The van der Waals surface area contributed by atoms with E-state index in [0.717, 1.165) is 0 Å². The van der Waals surface area contributed by atoms with Crippen LogP contribution in [-0.4, -0.2) is 16.7 Å². The SMILES string of the molecule is CC(C)(C)c1cc(C2=C(Cl)C(=O)c3ccccc3C2=O)ccc1O. The highest BCUT2D eigenvalue weighted by molar-refractivity contribution is 6.56. The number of allylic oxidation sites excluding steroid dienone is 2. The molecule has 0 saturated heterocycles. The van der Waals surface area contributed by atoms with E-state index >= 15 is 0 Å². The van der Waals surface area contributed by atoms with Crippen molar-refractivity contribution in [1.29, 1.82) is 0 Å². The number of benzene rings is 2. The number of hydrogen-bond donors (Lipinski definition) is 1. The molecule has 1 N–H and O–H groups in total. The van der Waals surface area contributed by atoms with Crippen molar-refractivity contribution in [2.75, 3.05) is 0 Å². The van der Waals surface area contributed by atoms with Crippen molar-refractivity contribution in [2.45, 2.75) is 26.2 Å². The lowest BCUT2D eigenvalue weighted by Crippen LogP contribution is -2.19. The van der Waals surface area contributed by atoms with Crippen LogP contribution in [0.5, 0.6) is 5.75 Å². The van der Waals surface area contributed by atoms with Crippen molar-refractivity contribution in [1.82, 2.24) is 0 Å². The van der Waals surface area contributed by atoms with Crippen molar-refractivity contribution in [2.24, 2.45) is 0 Å². The summed E-state index contributed by atoms with van der Waals surface area (Å²) in [5, 5.41) is 10.0. The number of ketones is 2. The topological polar surface area (TPSA) is 54.4 Å². The average Bonchev–Trinajstić information content (AvgIpc) is 2.53. The quantitative estimate of drug-likeness (QED) is 0.817. The first-order valence-electron chi connectivity index (χ1n) is 7.64. The predicted molar refractivity (Wildman–Crippen MR) is 94.7 cm³/mol. The summed E-state index contributed by atoms with van der Waals surface area (Å²) >= 11 is 6.24. The molecule has 1 aliphatic rings. The molecule has 0 saturated carbocycles. The van der Waals surface area contributed by atoms with Gasteiger partial charge in [0.05, 0.1) is 5.57 Å². The molecule has 0 fully saturated rings. The molecule has 2 aromatic carbocycles. The first-order valence-corrected chi connectivity index (χ1v) is 8.01. The van der Waals surface area contributed by atoms with E-state index < -0.39 is 0 Å². The van der Waals surface area contributed by atoms with E-state index in [-0.39, 0.29) is 33.3 Å². The third kappa shape index (κ3) is 2.55. The first kappa shape index (κ1) is 16.5. The third-order valence-electron chi connectivity index (χ3n) is 4.16. The van der Waals surface area contributed by atoms with Crippen LogP contribution >= 0.6 is 11.6 Å². The number of fused-ring (bicyclic) bond motifs is 1. The van der Waals surface area contributed by atoms with E-state index in [2.05, 4.69) is 0 Å². The van der Waals surface area contributed by atoms with Crippen LogP contribution in [0.2, 0.25) is 0 Å². The zero-order chi connectivity index (χ0) is 17.6. The Kier molecular flexibility index (Phi) is 3.84. The Hall–Kier alpha value is -2.39. The number of carbonyl (C=O) groups is 2. The fourth-order valence-electron chi connectivity index (χ4n) is 2.90. The van der Waals surface area contributed by atoms with Gasteiger partial charge in [-0.3, -0.25) is 9.59 Å². The number of carbonyl (C=O) groups excluding carboxylic acids is 2. The summed E-state index contributed by atoms with van der Waals surface area (Å²) in [7, 11) is 0. The van der Waals surface area contributed by atoms with Gasteiger partial charge in [-0.2, -0.15) is 0 Å². The highest BCUT2D eigenvalue weighted by Gasteiger charge is 2.32. The van der Waals surface area contributed by atoms with Crippen LogP contribution in [0, 0.1) is 0 Å². The van der Waals surface area contributed by atoms with Gasteiger partial charge >= 0.3 is 0 Å². The van der Waals surface area contributed by atoms with Crippen LogP contribution in [0.25, 0.3) is 5.57 Å². The van der Waals surface area contributed by atoms with Crippen LogP contribution in [0.4, 0.5) is 0 Å². The zero-order valence-corrected chi connectivity index (χ0v) is 14.4. The Labute approximate surface area is 145 Å². The Morgan fingerprint density at radius 3 is 2.08 bits per heavy atom. The molecule has 0 aromatic heterocycles. The molecule has 0 unspecified atom stereocenters. The maximum absolute atomic E-state index is 12.9. The predicted octanol–water partition coefficient (Wildman–Crippen LogP) is 4.72. The van der Waals surface area contributed by atoms with Crippen LogP contribution in [0.3, 0.4) is 0 Å². The lowest BCUT2D eigenvalue weighted by molar-refractivity contribution is 0.0998. The number of hydrogen-bond acceptors (Lipinski definition) is 3. The van der Waals surface area contributed by atoms with Crippen molar-refractivity contribution < 1.29 is 14.7 Å². The maximum Gasteiger partial charge on any atom is 0.205 e. The number of aromatic hydroxyl groups is 1. The Morgan fingerprint density at radius 1 is 0.917 bits per heavy atom. The van der Waals surface area contributed by atoms with Crippen LogP contribution in [0.1, 0.15) is 52.6 Å². The molecule has 0 aliphatic heterocycles. The normalized spacial score (nSPS) is 14.8. The second-order valence-corrected chi connectivity index (χ2v) is 7.25. The molecule has 0 amide bonds. The molecule has 2 aromatic rings. The molecule has 0 bridgehead atoms. The van der Waals surface area contributed by atoms with Crippen LogP contribution in [-0.2, 0) is 5.41 Å². The van der Waals surface area contributed by atoms with Crippen molar-refractivity contribution in [3.8, 4) is 5.75 Å². The van der Waals surface area contributed by atoms with E-state index in [4.69, 9.17) is 11.6 Å². The van der Waals surface area contributed by atoms with E-state index in [1.54, 1.807) is 36.4 Å². The van der Waals surface area contributed by atoms with Gasteiger partial charge in [0.1, 0.15) is 10.8 Å². The Bertz CT molecular complexity index is 901. The zero-order valence-electron chi connectivity index (χ0n) is 13.7. The van der Waals surface area contributed by atoms with Gasteiger partial charge in [-0.1, -0.05) is 62.7 Å². The van der Waals surface area contributed by atoms with Gasteiger partial charge in [0, 0.05) is 11.1 Å². The molecule has 24 heavy (non-hydrogen) atoms. The summed E-state index contributed by atoms with van der Waals surface area (Å²) in [6.07, 6.45) is 0. The van der Waals surface area contributed by atoms with Gasteiger partial charge in [0.25, 0.3) is 0 Å². The highest BCUT2D eigenvalue weighted by Crippen LogP contribution is 2.38. The minimum atomic E-state index is -0.354. The molecule has 4 heteroatoms. The number of rotatable bonds is 1. The van der Waals surface area contributed by atoms with E-state index in [0.29, 0.717) is 22.3 Å². The van der Waals surface area contributed by atoms with Gasteiger partial charge in [-0.05, 0) is 28.7 Å². The standard InChI is InChI=1S/C20H17ClO3/c1-20(2,3)14-10-11(8-9-15(14)22)16-17(21)19(24)13-7-5-4-6-12(13)18(16)23/h4-10,22H,1-3H3. The average molecular weight is 341 g/mol. The molecule has 3 nitrogen and oxygen atoms in total. The summed E-state index contributed by atoms with van der Waals surface area (Å²) in [5.74, 6) is -0.481. The molecule has 122 valence electrons. The van der Waals surface area contributed by atoms with Crippen molar-refractivity contribution >= 4 is 28.7 Å². The number of phenolic OH excluding ortho intramolecular Hbond substituents is 1. The van der Waals surface area contributed by atoms with Crippen molar-refractivity contribution in [3.05, 3.63) is 69.8 Å². The molecule has 0 heterocycles. The Balaban J connectivity index is 2.22. The molecule has 0 radical (unpaired) electrons. The smallest absolute Gasteiger partial charge is 0.205 e. The molecule has 1 aliphatic carbocycles. The summed E-state index contributed by atoms with van der Waals surface area (Å²) in [6, 6.07) is 11.5. The fourth-order valence-corrected chi connectivity index (χ4v) is 3.19. The fraction of sp³-hybridized carbons (Fsp3) is 0.200. The summed E-state index contributed by atoms with van der Waals surface area (Å²) in [5.41, 5.74) is 1.78. The second kappa shape index (κ2) is 5.60. The Morgan fingerprint density at radius 2 is 1.50 bits per heavy atom. The van der Waals surface area contributed by atoms with E-state index in [1.165, 1.54) is 6.07 Å². The van der Waals surface area contributed by atoms with Crippen LogP contribution in [0.15, 0.2) is 47.5 Å². The minimum absolute atomic E-state index is 0.0794. The number of Topliss-reactive ketones (excluding diaryl/α,β-unsaturated/α-hetero) is 2. The molecule has 0 atom stereocenters. The molecular formula is C20H17ClO3. The second-order valence-electron chi connectivity index (χ2n) is 6.87. The van der Waals surface area contributed by atoms with Gasteiger partial charge < -0.3 is 5.11 Å². The number of phenols is 1. The maximum atomic E-state index is 12.9. The number of halogens is 1. The summed E-state index contributed by atoms with van der Waals surface area (Å²) in [4.78, 5) is 25.4. The third-order valence-corrected chi connectivity index (χ3v) is 4.52. The van der Waals surface area contributed by atoms with E-state index in [9.17, 15) is 14.7 Å². The van der Waals surface area contributed by atoms with Crippen LogP contribution < -0.4 is 0 Å². The first-order chi connectivity index (χ1) is 11.2. The minimum Gasteiger partial charge on any atom is -0.508 e. The lowest BCUT2D eigenvalue weighted by Gasteiger charge is -2.23. The van der Waals surface area contributed by atoms with E-state index in [1.807, 2.05) is 20.8 Å². The van der Waals surface area contributed by atoms with Gasteiger partial charge in [0.15, 0.2) is 5.78 Å². The van der Waals surface area contributed by atoms with Crippen molar-refractivity contribution in [3.63, 3.8) is 0 Å². The molecular weight excluding hydrogens is 324 g/mol. The monoisotopic (exact) mass is 340 g/mol. The largest absolute Gasteiger partial charge is 0.508 e.